The topological polar surface area (TPSA) is 73.4 Å². The zero-order valence-corrected chi connectivity index (χ0v) is 11.9. The van der Waals surface area contributed by atoms with Crippen LogP contribution in [0.25, 0.3) is 11.3 Å². The minimum absolute atomic E-state index is 0.145. The molecule has 0 atom stereocenters. The summed E-state index contributed by atoms with van der Waals surface area (Å²) >= 11 is 5.85. The molecule has 2 N–H and O–H groups in total. The van der Waals surface area contributed by atoms with Gasteiger partial charge in [0.2, 0.25) is 0 Å². The molecule has 0 fully saturated rings. The Balaban J connectivity index is 1.97. The summed E-state index contributed by atoms with van der Waals surface area (Å²) in [5.74, 6) is -0.361. The van der Waals surface area contributed by atoms with Crippen molar-refractivity contribution in [3.8, 4) is 11.3 Å². The van der Waals surface area contributed by atoms with Gasteiger partial charge in [0.1, 0.15) is 5.82 Å². The molecule has 0 saturated carbocycles. The van der Waals surface area contributed by atoms with E-state index in [1.54, 1.807) is 24.3 Å². The van der Waals surface area contributed by atoms with E-state index in [4.69, 9.17) is 11.6 Å². The molecule has 3 rings (SSSR count). The van der Waals surface area contributed by atoms with Crippen LogP contribution in [-0.2, 0) is 0 Å². The van der Waals surface area contributed by atoms with Gasteiger partial charge in [-0.3, -0.25) is 15.0 Å². The molecule has 1 aromatic heterocycles. The molecule has 110 valence electrons. The number of rotatable bonds is 3. The van der Waals surface area contributed by atoms with Crippen molar-refractivity contribution in [3.05, 3.63) is 69.7 Å². The molecule has 0 unspecified atom stereocenters. The van der Waals surface area contributed by atoms with E-state index >= 15 is 0 Å². The fraction of sp³-hybridized carbons (Fsp3) is 0. The van der Waals surface area contributed by atoms with Crippen LogP contribution in [0.15, 0.2) is 63.6 Å². The second-order valence-electron chi connectivity index (χ2n) is 4.49. The summed E-state index contributed by atoms with van der Waals surface area (Å²) in [6.45, 7) is 0. The normalized spacial score (nSPS) is 11.2. The van der Waals surface area contributed by atoms with Crippen LogP contribution in [0.3, 0.4) is 0 Å². The minimum Gasteiger partial charge on any atom is -0.295 e. The number of azo groups is 1. The Kier molecular flexibility index (Phi) is 3.84. The number of halogens is 2. The molecule has 0 amide bonds. The van der Waals surface area contributed by atoms with Crippen LogP contribution in [0, 0.1) is 5.82 Å². The van der Waals surface area contributed by atoms with Crippen LogP contribution in [0.4, 0.5) is 15.8 Å². The minimum atomic E-state index is -0.393. The van der Waals surface area contributed by atoms with Crippen molar-refractivity contribution in [3.63, 3.8) is 0 Å². The Morgan fingerprint density at radius 1 is 0.909 bits per heavy atom. The highest BCUT2D eigenvalue weighted by Gasteiger charge is 2.11. The lowest BCUT2D eigenvalue weighted by Crippen LogP contribution is -1.96. The molecule has 0 radical (unpaired) electrons. The van der Waals surface area contributed by atoms with Gasteiger partial charge in [-0.2, -0.15) is 5.11 Å². The second-order valence-corrected chi connectivity index (χ2v) is 4.92. The van der Waals surface area contributed by atoms with Gasteiger partial charge in [-0.1, -0.05) is 23.7 Å². The van der Waals surface area contributed by atoms with Crippen LogP contribution >= 0.6 is 11.6 Å². The average Bonchev–Trinajstić information content (AvgIpc) is 2.89. The Morgan fingerprint density at radius 2 is 1.59 bits per heavy atom. The number of H-pyrrole nitrogens is 2. The lowest BCUT2D eigenvalue weighted by atomic mass is 10.1. The second kappa shape index (κ2) is 5.95. The third kappa shape index (κ3) is 2.96. The van der Waals surface area contributed by atoms with E-state index in [-0.39, 0.29) is 11.5 Å². The summed E-state index contributed by atoms with van der Waals surface area (Å²) in [7, 11) is 0. The van der Waals surface area contributed by atoms with Crippen molar-refractivity contribution in [2.24, 2.45) is 10.2 Å². The molecule has 22 heavy (non-hydrogen) atoms. The van der Waals surface area contributed by atoms with Crippen molar-refractivity contribution in [2.75, 3.05) is 0 Å². The Morgan fingerprint density at radius 3 is 2.27 bits per heavy atom. The summed E-state index contributed by atoms with van der Waals surface area (Å²) in [4.78, 5) is 11.8. The van der Waals surface area contributed by atoms with E-state index in [2.05, 4.69) is 20.4 Å². The van der Waals surface area contributed by atoms with Gasteiger partial charge in [-0.05, 0) is 36.4 Å². The van der Waals surface area contributed by atoms with Crippen LogP contribution < -0.4 is 5.56 Å². The molecule has 5 nitrogen and oxygen atoms in total. The smallest absolute Gasteiger partial charge is 0.292 e. The third-order valence-electron chi connectivity index (χ3n) is 2.98. The predicted octanol–water partition coefficient (Wildman–Crippen LogP) is 4.58. The first-order valence-electron chi connectivity index (χ1n) is 6.37. The van der Waals surface area contributed by atoms with E-state index in [0.29, 0.717) is 16.4 Å². The Labute approximate surface area is 129 Å². The molecule has 2 aromatic carbocycles. The fourth-order valence-electron chi connectivity index (χ4n) is 1.89. The van der Waals surface area contributed by atoms with Gasteiger partial charge in [0.25, 0.3) is 5.56 Å². The van der Waals surface area contributed by atoms with Gasteiger partial charge in [-0.15, -0.1) is 5.11 Å². The first-order valence-corrected chi connectivity index (χ1v) is 6.75. The number of aromatic amines is 2. The van der Waals surface area contributed by atoms with Gasteiger partial charge in [0, 0.05) is 10.6 Å². The van der Waals surface area contributed by atoms with Crippen LogP contribution in [0.2, 0.25) is 5.02 Å². The van der Waals surface area contributed by atoms with Crippen LogP contribution in [0.1, 0.15) is 0 Å². The highest BCUT2D eigenvalue weighted by molar-refractivity contribution is 6.30. The van der Waals surface area contributed by atoms with Crippen LogP contribution in [-0.4, -0.2) is 10.2 Å². The first kappa shape index (κ1) is 14.2. The quantitative estimate of drug-likeness (QED) is 0.682. The molecule has 3 aromatic rings. The van der Waals surface area contributed by atoms with Crippen molar-refractivity contribution < 1.29 is 4.39 Å². The zero-order valence-electron chi connectivity index (χ0n) is 11.2. The van der Waals surface area contributed by atoms with E-state index < -0.39 is 5.56 Å². The average molecular weight is 317 g/mol. The molecule has 0 saturated heterocycles. The maximum absolute atomic E-state index is 12.8. The molecule has 0 aliphatic carbocycles. The van der Waals surface area contributed by atoms with E-state index in [0.717, 1.165) is 5.56 Å². The molecule has 0 spiro atoms. The number of hydrogen-bond donors (Lipinski definition) is 2. The van der Waals surface area contributed by atoms with Crippen molar-refractivity contribution in [1.82, 2.24) is 10.2 Å². The predicted molar refractivity (Wildman–Crippen MR) is 82.4 cm³/mol. The van der Waals surface area contributed by atoms with Crippen molar-refractivity contribution in [2.45, 2.75) is 0 Å². The Bertz CT molecular complexity index is 866. The molecule has 7 heteroatoms. The molecule has 1 heterocycles. The molecular formula is C15H10ClFN4O. The Hall–Kier alpha value is -2.73. The van der Waals surface area contributed by atoms with E-state index in [1.165, 1.54) is 24.3 Å². The van der Waals surface area contributed by atoms with Gasteiger partial charge in [0.15, 0.2) is 5.69 Å². The van der Waals surface area contributed by atoms with Crippen LogP contribution in [0.5, 0.6) is 0 Å². The fourth-order valence-corrected chi connectivity index (χ4v) is 2.01. The van der Waals surface area contributed by atoms with Gasteiger partial charge >= 0.3 is 0 Å². The van der Waals surface area contributed by atoms with E-state index in [9.17, 15) is 9.18 Å². The summed E-state index contributed by atoms with van der Waals surface area (Å²) in [6, 6.07) is 12.4. The number of nitrogens with one attached hydrogen (secondary N) is 2. The van der Waals surface area contributed by atoms with Crippen molar-refractivity contribution >= 4 is 23.0 Å². The summed E-state index contributed by atoms with van der Waals surface area (Å²) < 4.78 is 12.8. The number of nitrogens with zero attached hydrogens (tertiary/aromatic N) is 2. The molecule has 0 bridgehead atoms. The lowest BCUT2D eigenvalue weighted by molar-refractivity contribution is 0.628. The largest absolute Gasteiger partial charge is 0.295 e. The number of benzene rings is 2. The molecule has 0 aliphatic heterocycles. The zero-order chi connectivity index (χ0) is 15.5. The summed E-state index contributed by atoms with van der Waals surface area (Å²) in [5, 5.41) is 13.7. The SMILES string of the molecule is O=c1[nH][nH]c(-c2ccc(Cl)cc2)c1N=Nc1ccc(F)cc1. The maximum atomic E-state index is 12.8. The standard InChI is InChI=1S/C15H10ClFN4O/c16-10-3-1-9(2-4-10)13-14(15(22)21-19-13)20-18-12-7-5-11(17)6-8-12/h1-8H,(H2,19,21,22). The molecule has 0 aliphatic rings. The third-order valence-corrected chi connectivity index (χ3v) is 3.23. The highest BCUT2D eigenvalue weighted by atomic mass is 35.5. The summed E-state index contributed by atoms with van der Waals surface area (Å²) in [5.41, 5.74) is 1.45. The first-order chi connectivity index (χ1) is 10.6. The number of aromatic nitrogens is 2. The van der Waals surface area contributed by atoms with Gasteiger partial charge in [0.05, 0.1) is 11.4 Å². The summed E-state index contributed by atoms with van der Waals surface area (Å²) in [6.07, 6.45) is 0. The van der Waals surface area contributed by atoms with E-state index in [1.807, 2.05) is 0 Å². The lowest BCUT2D eigenvalue weighted by Gasteiger charge is -1.99. The van der Waals surface area contributed by atoms with Crippen molar-refractivity contribution in [1.29, 1.82) is 0 Å². The monoisotopic (exact) mass is 316 g/mol. The number of hydrogen-bond acceptors (Lipinski definition) is 3. The highest BCUT2D eigenvalue weighted by Crippen LogP contribution is 2.27. The van der Waals surface area contributed by atoms with Gasteiger partial charge in [-0.25, -0.2) is 4.39 Å². The molecular weight excluding hydrogens is 307 g/mol. The maximum Gasteiger partial charge on any atom is 0.292 e. The van der Waals surface area contributed by atoms with Gasteiger partial charge < -0.3 is 0 Å².